The van der Waals surface area contributed by atoms with Crippen molar-refractivity contribution < 1.29 is 22.0 Å². The Bertz CT molecular complexity index is 742. The van der Waals surface area contributed by atoms with Gasteiger partial charge in [-0.25, -0.2) is 18.4 Å². The largest absolute Gasteiger partial charge is 0.303 e. The lowest BCUT2D eigenvalue weighted by atomic mass is 9.64. The van der Waals surface area contributed by atoms with E-state index in [0.717, 1.165) is 6.20 Å². The topological polar surface area (TPSA) is 80.2 Å². The van der Waals surface area contributed by atoms with Crippen LogP contribution >= 0.6 is 0 Å². The second kappa shape index (κ2) is 4.51. The number of alkyl halides is 2. The summed E-state index contributed by atoms with van der Waals surface area (Å²) in [4.78, 5) is 18.0. The van der Waals surface area contributed by atoms with Crippen LogP contribution in [-0.2, 0) is 20.7 Å². The van der Waals surface area contributed by atoms with Gasteiger partial charge in [0.2, 0.25) is 10.0 Å². The number of carbonyl (C=O) groups is 1. The van der Waals surface area contributed by atoms with Crippen LogP contribution < -0.4 is 0 Å². The standard InChI is InChI=1S/C13H15F2N3O3S/c1-8-10(5-16-11(17-8)12(2,14)15)22(20,21)18-6-13(7-18)3-9(19)4-13/h5H,3-4,6-7H2,1-2H3. The molecule has 2 fully saturated rings. The van der Waals surface area contributed by atoms with Crippen molar-refractivity contribution in [2.75, 3.05) is 13.1 Å². The molecule has 22 heavy (non-hydrogen) atoms. The van der Waals surface area contributed by atoms with Crippen LogP contribution in [0.15, 0.2) is 11.1 Å². The molecule has 3 rings (SSSR count). The number of halogens is 2. The van der Waals surface area contributed by atoms with Crippen molar-refractivity contribution >= 4 is 15.8 Å². The molecule has 6 nitrogen and oxygen atoms in total. The molecule has 0 bridgehead atoms. The van der Waals surface area contributed by atoms with Crippen LogP contribution in [0.5, 0.6) is 0 Å². The molecule has 120 valence electrons. The molecule has 0 unspecified atom stereocenters. The van der Waals surface area contributed by atoms with Crippen LogP contribution in [0, 0.1) is 12.3 Å². The fourth-order valence-corrected chi connectivity index (χ4v) is 4.71. The van der Waals surface area contributed by atoms with Crippen LogP contribution in [0.1, 0.15) is 31.3 Å². The molecule has 9 heteroatoms. The third kappa shape index (κ3) is 2.32. The maximum absolute atomic E-state index is 13.2. The van der Waals surface area contributed by atoms with E-state index in [1.165, 1.54) is 11.2 Å². The molecule has 2 aliphatic rings. The first-order chi connectivity index (χ1) is 10.0. The van der Waals surface area contributed by atoms with E-state index in [0.29, 0.717) is 19.8 Å². The smallest absolute Gasteiger partial charge is 0.300 e. The Morgan fingerprint density at radius 3 is 2.36 bits per heavy atom. The van der Waals surface area contributed by atoms with Gasteiger partial charge in [-0.2, -0.15) is 13.1 Å². The Morgan fingerprint density at radius 1 is 1.32 bits per heavy atom. The molecule has 1 saturated heterocycles. The summed E-state index contributed by atoms with van der Waals surface area (Å²) < 4.78 is 52.6. The molecule has 1 aromatic heterocycles. The average molecular weight is 331 g/mol. The molecule has 0 amide bonds. The van der Waals surface area contributed by atoms with Crippen molar-refractivity contribution in [3.8, 4) is 0 Å². The monoisotopic (exact) mass is 331 g/mol. The fraction of sp³-hybridized carbons (Fsp3) is 0.615. The van der Waals surface area contributed by atoms with Gasteiger partial charge >= 0.3 is 5.92 Å². The van der Waals surface area contributed by atoms with Crippen LogP contribution in [-0.4, -0.2) is 41.6 Å². The number of sulfonamides is 1. The van der Waals surface area contributed by atoms with E-state index in [1.54, 1.807) is 0 Å². The number of hydrogen-bond acceptors (Lipinski definition) is 5. The van der Waals surface area contributed by atoms with E-state index < -0.39 is 21.8 Å². The molecule has 2 heterocycles. The van der Waals surface area contributed by atoms with E-state index in [2.05, 4.69) is 9.97 Å². The quantitative estimate of drug-likeness (QED) is 0.833. The Morgan fingerprint density at radius 2 is 1.91 bits per heavy atom. The van der Waals surface area contributed by atoms with Gasteiger partial charge in [0.25, 0.3) is 0 Å². The van der Waals surface area contributed by atoms with E-state index >= 15 is 0 Å². The number of aryl methyl sites for hydroxylation is 1. The van der Waals surface area contributed by atoms with Gasteiger partial charge in [-0.3, -0.25) is 4.79 Å². The Labute approximate surface area is 126 Å². The van der Waals surface area contributed by atoms with E-state index in [1.807, 2.05) is 0 Å². The molecule has 0 N–H and O–H groups in total. The summed E-state index contributed by atoms with van der Waals surface area (Å²) in [6.07, 6.45) is 1.76. The number of aromatic nitrogens is 2. The predicted molar refractivity (Wildman–Crippen MR) is 71.8 cm³/mol. The predicted octanol–water partition coefficient (Wildman–Crippen LogP) is 1.25. The minimum Gasteiger partial charge on any atom is -0.300 e. The number of Topliss-reactive ketones (excluding diaryl/α,β-unsaturated/α-hetero) is 1. The zero-order chi connectivity index (χ0) is 16.3. The van der Waals surface area contributed by atoms with Crippen LogP contribution in [0.3, 0.4) is 0 Å². The zero-order valence-electron chi connectivity index (χ0n) is 12.1. The summed E-state index contributed by atoms with van der Waals surface area (Å²) in [5.74, 6) is -3.78. The highest BCUT2D eigenvalue weighted by atomic mass is 32.2. The van der Waals surface area contributed by atoms with Gasteiger partial charge in [0.05, 0.1) is 11.9 Å². The first-order valence-electron chi connectivity index (χ1n) is 6.77. The molecule has 0 aromatic carbocycles. The molecule has 1 aliphatic heterocycles. The van der Waals surface area contributed by atoms with Crippen molar-refractivity contribution in [1.29, 1.82) is 0 Å². The number of hydrogen-bond donors (Lipinski definition) is 0. The Balaban J connectivity index is 1.83. The fourth-order valence-electron chi connectivity index (χ4n) is 2.94. The Kier molecular flexibility index (Phi) is 3.16. The van der Waals surface area contributed by atoms with Crippen molar-refractivity contribution in [3.63, 3.8) is 0 Å². The highest BCUT2D eigenvalue weighted by molar-refractivity contribution is 7.89. The van der Waals surface area contributed by atoms with Crippen molar-refractivity contribution in [1.82, 2.24) is 14.3 Å². The maximum atomic E-state index is 13.2. The zero-order valence-corrected chi connectivity index (χ0v) is 13.0. The van der Waals surface area contributed by atoms with Gasteiger partial charge in [0.15, 0.2) is 5.82 Å². The van der Waals surface area contributed by atoms with Gasteiger partial charge in [-0.15, -0.1) is 0 Å². The van der Waals surface area contributed by atoms with Crippen molar-refractivity contribution in [3.05, 3.63) is 17.7 Å². The van der Waals surface area contributed by atoms with Crippen LogP contribution in [0.25, 0.3) is 0 Å². The summed E-state index contributed by atoms with van der Waals surface area (Å²) in [6, 6.07) is 0. The lowest BCUT2D eigenvalue weighted by Crippen LogP contribution is -2.63. The van der Waals surface area contributed by atoms with Crippen LogP contribution in [0.4, 0.5) is 8.78 Å². The van der Waals surface area contributed by atoms with Crippen molar-refractivity contribution in [2.45, 2.75) is 37.5 Å². The molecule has 1 spiro atoms. The van der Waals surface area contributed by atoms with Gasteiger partial charge < -0.3 is 0 Å². The lowest BCUT2D eigenvalue weighted by Gasteiger charge is -2.53. The van der Waals surface area contributed by atoms with E-state index in [4.69, 9.17) is 0 Å². The maximum Gasteiger partial charge on any atom is 0.303 e. The second-order valence-electron chi connectivity index (χ2n) is 6.20. The SMILES string of the molecule is Cc1nc(C(C)(F)F)ncc1S(=O)(=O)N1CC2(CC(=O)C2)C1. The van der Waals surface area contributed by atoms with Crippen molar-refractivity contribution in [2.24, 2.45) is 5.41 Å². The minimum absolute atomic E-state index is 0.00263. The average Bonchev–Trinajstić information content (AvgIpc) is 2.30. The number of ketones is 1. The molecular weight excluding hydrogens is 316 g/mol. The number of rotatable bonds is 3. The Hall–Kier alpha value is -1.48. The first-order valence-corrected chi connectivity index (χ1v) is 8.21. The highest BCUT2D eigenvalue weighted by Gasteiger charge is 2.55. The number of nitrogens with zero attached hydrogens (tertiary/aromatic N) is 3. The van der Waals surface area contributed by atoms with Crippen LogP contribution in [0.2, 0.25) is 0 Å². The normalized spacial score (nSPS) is 21.5. The number of carbonyl (C=O) groups excluding carboxylic acids is 1. The molecule has 1 aliphatic carbocycles. The summed E-state index contributed by atoms with van der Waals surface area (Å²) in [6.45, 7) is 2.59. The molecule has 0 atom stereocenters. The molecule has 0 radical (unpaired) electrons. The third-order valence-electron chi connectivity index (χ3n) is 4.11. The lowest BCUT2D eigenvalue weighted by molar-refractivity contribution is -0.140. The van der Waals surface area contributed by atoms with E-state index in [-0.39, 0.29) is 34.9 Å². The summed E-state index contributed by atoms with van der Waals surface area (Å²) >= 11 is 0. The van der Waals surface area contributed by atoms with E-state index in [9.17, 15) is 22.0 Å². The highest BCUT2D eigenvalue weighted by Crippen LogP contribution is 2.47. The first kappa shape index (κ1) is 15.4. The summed E-state index contributed by atoms with van der Waals surface area (Å²) in [5.41, 5.74) is -0.216. The summed E-state index contributed by atoms with van der Waals surface area (Å²) in [7, 11) is -3.81. The second-order valence-corrected chi connectivity index (χ2v) is 8.10. The van der Waals surface area contributed by atoms with Gasteiger partial charge in [0, 0.05) is 38.3 Å². The van der Waals surface area contributed by atoms with Gasteiger partial charge in [-0.05, 0) is 6.92 Å². The third-order valence-corrected chi connectivity index (χ3v) is 6.01. The molecule has 1 saturated carbocycles. The molecular formula is C13H15F2N3O3S. The minimum atomic E-state index is -3.81. The van der Waals surface area contributed by atoms with Gasteiger partial charge in [-0.1, -0.05) is 0 Å². The summed E-state index contributed by atoms with van der Waals surface area (Å²) in [5, 5.41) is 0. The van der Waals surface area contributed by atoms with Gasteiger partial charge in [0.1, 0.15) is 10.7 Å². The molecule has 1 aromatic rings.